The number of hydrogen-bond donors (Lipinski definition) is 0. The lowest BCUT2D eigenvalue weighted by atomic mass is 10.1. The molecule has 0 amide bonds. The van der Waals surface area contributed by atoms with Crippen molar-refractivity contribution in [2.75, 3.05) is 13.7 Å². The molecule has 0 spiro atoms. The highest BCUT2D eigenvalue weighted by atomic mass is 16.5. The third-order valence-electron chi connectivity index (χ3n) is 4.38. The van der Waals surface area contributed by atoms with Gasteiger partial charge < -0.3 is 9.47 Å². The van der Waals surface area contributed by atoms with Gasteiger partial charge in [0.15, 0.2) is 0 Å². The number of ether oxygens (including phenoxy) is 2. The predicted molar refractivity (Wildman–Crippen MR) is 89.8 cm³/mol. The zero-order chi connectivity index (χ0) is 16.4. The summed E-state index contributed by atoms with van der Waals surface area (Å²) in [5.74, 6) is 1.85. The van der Waals surface area contributed by atoms with Crippen molar-refractivity contribution >= 4 is 0 Å². The zero-order valence-electron chi connectivity index (χ0n) is 14.4. The van der Waals surface area contributed by atoms with Crippen LogP contribution in [0.3, 0.4) is 0 Å². The van der Waals surface area contributed by atoms with Crippen molar-refractivity contribution in [3.8, 4) is 11.5 Å². The van der Waals surface area contributed by atoms with Crippen LogP contribution in [0.15, 0.2) is 24.4 Å². The average Bonchev–Trinajstić information content (AvgIpc) is 2.75. The van der Waals surface area contributed by atoms with Gasteiger partial charge in [0.05, 0.1) is 12.8 Å². The third-order valence-corrected chi connectivity index (χ3v) is 4.38. The first kappa shape index (κ1) is 15.9. The summed E-state index contributed by atoms with van der Waals surface area (Å²) in [5, 5.41) is 4.45. The summed E-state index contributed by atoms with van der Waals surface area (Å²) in [7, 11) is 3.67. The maximum absolute atomic E-state index is 6.19. The maximum atomic E-state index is 6.19. The van der Waals surface area contributed by atoms with Gasteiger partial charge in [-0.25, -0.2) is 0 Å². The third kappa shape index (κ3) is 3.50. The van der Waals surface area contributed by atoms with Crippen LogP contribution in [-0.2, 0) is 20.1 Å². The fraction of sp³-hybridized carbons (Fsp3) is 0.500. The summed E-state index contributed by atoms with van der Waals surface area (Å²) >= 11 is 0. The van der Waals surface area contributed by atoms with E-state index >= 15 is 0 Å². The fourth-order valence-corrected chi connectivity index (χ4v) is 3.11. The normalized spacial score (nSPS) is 18.2. The first-order chi connectivity index (χ1) is 11.1. The number of hydrogen-bond acceptors (Lipinski definition) is 4. The molecule has 1 atom stereocenters. The van der Waals surface area contributed by atoms with Crippen LogP contribution >= 0.6 is 0 Å². The van der Waals surface area contributed by atoms with E-state index in [-0.39, 0.29) is 6.10 Å². The molecule has 1 unspecified atom stereocenters. The highest BCUT2D eigenvalue weighted by Crippen LogP contribution is 2.30. The molecule has 1 aliphatic rings. The second-order valence-corrected chi connectivity index (χ2v) is 6.20. The molecule has 2 aromatic rings. The molecule has 23 heavy (non-hydrogen) atoms. The Kier molecular flexibility index (Phi) is 4.57. The minimum Gasteiger partial charge on any atom is -0.497 e. The Balaban J connectivity index is 1.86. The first-order valence-electron chi connectivity index (χ1n) is 8.14. The van der Waals surface area contributed by atoms with Crippen molar-refractivity contribution < 1.29 is 9.47 Å². The van der Waals surface area contributed by atoms with Crippen LogP contribution in [0.4, 0.5) is 0 Å². The summed E-state index contributed by atoms with van der Waals surface area (Å²) in [5.41, 5.74) is 3.55. The maximum Gasteiger partial charge on any atom is 0.124 e. The van der Waals surface area contributed by atoms with Crippen LogP contribution in [-0.4, -0.2) is 34.4 Å². The summed E-state index contributed by atoms with van der Waals surface area (Å²) in [6.45, 7) is 6.90. The van der Waals surface area contributed by atoms with E-state index in [4.69, 9.17) is 9.47 Å². The SMILES string of the molecule is CCC1CN(Cc2cn(C)nc2C)Cc2cc(OC)ccc2O1. The van der Waals surface area contributed by atoms with Gasteiger partial charge in [0.2, 0.25) is 0 Å². The molecule has 0 fully saturated rings. The lowest BCUT2D eigenvalue weighted by molar-refractivity contribution is 0.139. The Morgan fingerprint density at radius 2 is 2.22 bits per heavy atom. The van der Waals surface area contributed by atoms with Gasteiger partial charge in [-0.3, -0.25) is 9.58 Å². The molecule has 0 aliphatic carbocycles. The summed E-state index contributed by atoms with van der Waals surface area (Å²) < 4.78 is 13.4. The van der Waals surface area contributed by atoms with Gasteiger partial charge in [-0.1, -0.05) is 6.92 Å². The van der Waals surface area contributed by atoms with Gasteiger partial charge in [-0.05, 0) is 31.5 Å². The van der Waals surface area contributed by atoms with Crippen molar-refractivity contribution in [3.05, 3.63) is 41.2 Å². The molecule has 1 aromatic carbocycles. The second kappa shape index (κ2) is 6.62. The van der Waals surface area contributed by atoms with Gasteiger partial charge in [-0.15, -0.1) is 0 Å². The summed E-state index contributed by atoms with van der Waals surface area (Å²) in [6.07, 6.45) is 3.31. The van der Waals surface area contributed by atoms with E-state index in [1.54, 1.807) is 7.11 Å². The largest absolute Gasteiger partial charge is 0.497 e. The van der Waals surface area contributed by atoms with Crippen LogP contribution in [0.25, 0.3) is 0 Å². The Morgan fingerprint density at radius 3 is 2.87 bits per heavy atom. The Morgan fingerprint density at radius 1 is 1.39 bits per heavy atom. The minimum absolute atomic E-state index is 0.210. The van der Waals surface area contributed by atoms with Crippen LogP contribution < -0.4 is 9.47 Å². The smallest absolute Gasteiger partial charge is 0.124 e. The predicted octanol–water partition coefficient (Wildman–Crippen LogP) is 2.91. The monoisotopic (exact) mass is 315 g/mol. The van der Waals surface area contributed by atoms with Crippen LogP contribution in [0.5, 0.6) is 11.5 Å². The van der Waals surface area contributed by atoms with Crippen molar-refractivity contribution in [1.29, 1.82) is 0 Å². The molecule has 0 N–H and O–H groups in total. The lowest BCUT2D eigenvalue weighted by Crippen LogP contribution is -2.32. The Hall–Kier alpha value is -2.01. The van der Waals surface area contributed by atoms with Crippen molar-refractivity contribution in [3.63, 3.8) is 0 Å². The molecular formula is C18H25N3O2. The molecule has 3 rings (SSSR count). The van der Waals surface area contributed by atoms with E-state index in [1.165, 1.54) is 11.1 Å². The number of aryl methyl sites for hydroxylation is 2. The standard InChI is InChI=1S/C18H25N3O2/c1-5-16-12-21(11-15-9-20(3)19-13(15)2)10-14-8-17(22-4)6-7-18(14)23-16/h6-9,16H,5,10-12H2,1-4H3. The molecule has 5 nitrogen and oxygen atoms in total. The summed E-state index contributed by atoms with van der Waals surface area (Å²) in [6, 6.07) is 6.07. The van der Waals surface area contributed by atoms with E-state index in [2.05, 4.69) is 36.1 Å². The number of benzene rings is 1. The van der Waals surface area contributed by atoms with Crippen LogP contribution in [0.1, 0.15) is 30.2 Å². The highest BCUT2D eigenvalue weighted by molar-refractivity contribution is 5.41. The van der Waals surface area contributed by atoms with Gasteiger partial charge in [0.1, 0.15) is 17.6 Å². The lowest BCUT2D eigenvalue weighted by Gasteiger charge is -2.22. The Labute approximate surface area is 137 Å². The zero-order valence-corrected chi connectivity index (χ0v) is 14.4. The van der Waals surface area contributed by atoms with Crippen molar-refractivity contribution in [2.24, 2.45) is 7.05 Å². The topological polar surface area (TPSA) is 39.5 Å². The Bertz CT molecular complexity index is 681. The molecule has 0 radical (unpaired) electrons. The minimum atomic E-state index is 0.210. The van der Waals surface area contributed by atoms with E-state index in [1.807, 2.05) is 23.9 Å². The highest BCUT2D eigenvalue weighted by Gasteiger charge is 2.23. The molecule has 5 heteroatoms. The van der Waals surface area contributed by atoms with E-state index in [0.29, 0.717) is 0 Å². The second-order valence-electron chi connectivity index (χ2n) is 6.20. The van der Waals surface area contributed by atoms with Crippen molar-refractivity contribution in [1.82, 2.24) is 14.7 Å². The number of methoxy groups -OCH3 is 1. The van der Waals surface area contributed by atoms with Crippen LogP contribution in [0, 0.1) is 6.92 Å². The number of fused-ring (bicyclic) bond motifs is 1. The average molecular weight is 315 g/mol. The van der Waals surface area contributed by atoms with E-state index in [0.717, 1.165) is 43.2 Å². The molecule has 0 saturated heterocycles. The molecule has 1 aromatic heterocycles. The molecule has 124 valence electrons. The van der Waals surface area contributed by atoms with Gasteiger partial charge in [-0.2, -0.15) is 5.10 Å². The fourth-order valence-electron chi connectivity index (χ4n) is 3.11. The number of aromatic nitrogens is 2. The van der Waals surface area contributed by atoms with E-state index < -0.39 is 0 Å². The van der Waals surface area contributed by atoms with Gasteiger partial charge in [0.25, 0.3) is 0 Å². The van der Waals surface area contributed by atoms with Crippen molar-refractivity contribution in [2.45, 2.75) is 39.5 Å². The number of rotatable bonds is 4. The number of nitrogens with zero attached hydrogens (tertiary/aromatic N) is 3. The molecule has 0 saturated carbocycles. The quantitative estimate of drug-likeness (QED) is 0.870. The summed E-state index contributed by atoms with van der Waals surface area (Å²) in [4.78, 5) is 2.43. The molecular weight excluding hydrogens is 290 g/mol. The first-order valence-corrected chi connectivity index (χ1v) is 8.14. The molecule has 0 bridgehead atoms. The van der Waals surface area contributed by atoms with E-state index in [9.17, 15) is 0 Å². The molecule has 2 heterocycles. The van der Waals surface area contributed by atoms with Crippen LogP contribution in [0.2, 0.25) is 0 Å². The molecule has 1 aliphatic heterocycles. The van der Waals surface area contributed by atoms with Gasteiger partial charge in [0, 0.05) is 44.0 Å². The van der Waals surface area contributed by atoms with Gasteiger partial charge >= 0.3 is 0 Å².